The maximum absolute atomic E-state index is 12.3. The summed E-state index contributed by atoms with van der Waals surface area (Å²) < 4.78 is 25.7. The standard InChI is InChI=1S/C16H17ClN2O3S/c1-11-4-6-14(9-16(11)23(21,22)19(2)3)18-10-12-8-13(17)5-7-15(12)20/h4-10,20H,1-3H3. The van der Waals surface area contributed by atoms with E-state index in [1.54, 1.807) is 31.2 Å². The molecule has 0 fully saturated rings. The van der Waals surface area contributed by atoms with Crippen molar-refractivity contribution in [2.75, 3.05) is 14.1 Å². The average molecular weight is 353 g/mol. The fourth-order valence-corrected chi connectivity index (χ4v) is 3.24. The molecule has 1 N–H and O–H groups in total. The summed E-state index contributed by atoms with van der Waals surface area (Å²) in [4.78, 5) is 4.43. The third-order valence-corrected chi connectivity index (χ3v) is 5.46. The van der Waals surface area contributed by atoms with Crippen molar-refractivity contribution < 1.29 is 13.5 Å². The Bertz CT molecular complexity index is 862. The second-order valence-electron chi connectivity index (χ2n) is 5.20. The lowest BCUT2D eigenvalue weighted by atomic mass is 10.2. The van der Waals surface area contributed by atoms with E-state index in [-0.39, 0.29) is 10.6 Å². The van der Waals surface area contributed by atoms with Crippen LogP contribution in [-0.4, -0.2) is 38.1 Å². The molecule has 0 saturated carbocycles. The summed E-state index contributed by atoms with van der Waals surface area (Å²) in [6, 6.07) is 9.53. The molecule has 2 aromatic carbocycles. The van der Waals surface area contributed by atoms with Gasteiger partial charge in [0.05, 0.1) is 10.6 Å². The maximum atomic E-state index is 12.3. The Morgan fingerprint density at radius 1 is 1.17 bits per heavy atom. The van der Waals surface area contributed by atoms with Crippen molar-refractivity contribution in [3.05, 3.63) is 52.5 Å². The highest BCUT2D eigenvalue weighted by Gasteiger charge is 2.19. The van der Waals surface area contributed by atoms with E-state index in [0.717, 1.165) is 4.31 Å². The first-order valence-corrected chi connectivity index (χ1v) is 8.59. The average Bonchev–Trinajstić information content (AvgIpc) is 2.49. The molecule has 0 bridgehead atoms. The number of aromatic hydroxyl groups is 1. The van der Waals surface area contributed by atoms with Crippen molar-refractivity contribution in [3.63, 3.8) is 0 Å². The molecule has 122 valence electrons. The molecule has 5 nitrogen and oxygen atoms in total. The van der Waals surface area contributed by atoms with Gasteiger partial charge in [0.2, 0.25) is 10.0 Å². The number of sulfonamides is 1. The summed E-state index contributed by atoms with van der Waals surface area (Å²) in [5.41, 5.74) is 1.56. The van der Waals surface area contributed by atoms with Gasteiger partial charge in [0.15, 0.2) is 0 Å². The van der Waals surface area contributed by atoms with Gasteiger partial charge in [0.25, 0.3) is 0 Å². The first-order chi connectivity index (χ1) is 10.7. The lowest BCUT2D eigenvalue weighted by molar-refractivity contribution is 0.474. The maximum Gasteiger partial charge on any atom is 0.242 e. The molecule has 7 heteroatoms. The van der Waals surface area contributed by atoms with E-state index < -0.39 is 10.0 Å². The first-order valence-electron chi connectivity index (χ1n) is 6.77. The lowest BCUT2D eigenvalue weighted by Crippen LogP contribution is -2.22. The van der Waals surface area contributed by atoms with Crippen LogP contribution in [0.4, 0.5) is 5.69 Å². The zero-order valence-electron chi connectivity index (χ0n) is 13.0. The van der Waals surface area contributed by atoms with Gasteiger partial charge in [-0.15, -0.1) is 0 Å². The highest BCUT2D eigenvalue weighted by atomic mass is 35.5. The first kappa shape index (κ1) is 17.5. The number of phenols is 1. The summed E-state index contributed by atoms with van der Waals surface area (Å²) >= 11 is 5.88. The number of halogens is 1. The Morgan fingerprint density at radius 2 is 1.87 bits per heavy atom. The number of benzene rings is 2. The van der Waals surface area contributed by atoms with E-state index in [0.29, 0.717) is 21.8 Å². The summed E-state index contributed by atoms with van der Waals surface area (Å²) in [6.45, 7) is 1.73. The van der Waals surface area contributed by atoms with Crippen molar-refractivity contribution in [1.82, 2.24) is 4.31 Å². The molecule has 0 aliphatic rings. The number of aryl methyl sites for hydroxylation is 1. The Morgan fingerprint density at radius 3 is 2.52 bits per heavy atom. The van der Waals surface area contributed by atoms with Gasteiger partial charge in [-0.1, -0.05) is 17.7 Å². The fourth-order valence-electron chi connectivity index (χ4n) is 1.92. The van der Waals surface area contributed by atoms with Crippen LogP contribution in [0.15, 0.2) is 46.3 Å². The van der Waals surface area contributed by atoms with Crippen LogP contribution in [0.5, 0.6) is 5.75 Å². The molecular formula is C16H17ClN2O3S. The fraction of sp³-hybridized carbons (Fsp3) is 0.188. The quantitative estimate of drug-likeness (QED) is 0.858. The van der Waals surface area contributed by atoms with Crippen molar-refractivity contribution in [3.8, 4) is 5.75 Å². The van der Waals surface area contributed by atoms with Crippen LogP contribution in [0, 0.1) is 6.92 Å². The molecule has 2 rings (SSSR count). The Labute approximate surface area is 140 Å². The molecule has 0 amide bonds. The van der Waals surface area contributed by atoms with E-state index in [1.165, 1.54) is 32.4 Å². The molecule has 0 aromatic heterocycles. The topological polar surface area (TPSA) is 70.0 Å². The molecule has 0 radical (unpaired) electrons. The SMILES string of the molecule is Cc1ccc(N=Cc2cc(Cl)ccc2O)cc1S(=O)(=O)N(C)C. The molecule has 2 aromatic rings. The normalized spacial score (nSPS) is 12.2. The number of hydrogen-bond donors (Lipinski definition) is 1. The van der Waals surface area contributed by atoms with Gasteiger partial charge < -0.3 is 5.11 Å². The van der Waals surface area contributed by atoms with Gasteiger partial charge in [-0.3, -0.25) is 4.99 Å². The summed E-state index contributed by atoms with van der Waals surface area (Å²) in [5, 5.41) is 10.2. The molecule has 0 aliphatic heterocycles. The van der Waals surface area contributed by atoms with Gasteiger partial charge in [-0.25, -0.2) is 12.7 Å². The zero-order chi connectivity index (χ0) is 17.2. The van der Waals surface area contributed by atoms with Gasteiger partial charge in [-0.2, -0.15) is 0 Å². The largest absolute Gasteiger partial charge is 0.507 e. The van der Waals surface area contributed by atoms with Crippen molar-refractivity contribution in [2.24, 2.45) is 4.99 Å². The van der Waals surface area contributed by atoms with E-state index in [1.807, 2.05) is 0 Å². The van der Waals surface area contributed by atoms with Gasteiger partial charge in [0, 0.05) is 30.9 Å². The van der Waals surface area contributed by atoms with Crippen LogP contribution in [0.2, 0.25) is 5.02 Å². The van der Waals surface area contributed by atoms with Gasteiger partial charge in [-0.05, 0) is 42.8 Å². The molecule has 0 aliphatic carbocycles. The van der Waals surface area contributed by atoms with Crippen LogP contribution >= 0.6 is 11.6 Å². The molecule has 0 saturated heterocycles. The Hall–Kier alpha value is -1.89. The van der Waals surface area contributed by atoms with Crippen LogP contribution in [0.3, 0.4) is 0 Å². The van der Waals surface area contributed by atoms with Crippen LogP contribution in [-0.2, 0) is 10.0 Å². The molecule has 0 unspecified atom stereocenters. The third-order valence-electron chi connectivity index (χ3n) is 3.27. The van der Waals surface area contributed by atoms with Crippen LogP contribution in [0.25, 0.3) is 0 Å². The van der Waals surface area contributed by atoms with Crippen molar-refractivity contribution >= 4 is 33.5 Å². The second-order valence-corrected chi connectivity index (χ2v) is 7.76. The minimum absolute atomic E-state index is 0.0476. The number of phenolic OH excluding ortho intramolecular Hbond substituents is 1. The smallest absolute Gasteiger partial charge is 0.242 e. The van der Waals surface area contributed by atoms with E-state index in [2.05, 4.69) is 4.99 Å². The van der Waals surface area contributed by atoms with Crippen molar-refractivity contribution in [1.29, 1.82) is 0 Å². The molecule has 23 heavy (non-hydrogen) atoms. The summed E-state index contributed by atoms with van der Waals surface area (Å²) in [7, 11) is -0.577. The third kappa shape index (κ3) is 3.90. The highest BCUT2D eigenvalue weighted by molar-refractivity contribution is 7.89. The van der Waals surface area contributed by atoms with Gasteiger partial charge >= 0.3 is 0 Å². The number of nitrogens with zero attached hydrogens (tertiary/aromatic N) is 2. The van der Waals surface area contributed by atoms with Crippen molar-refractivity contribution in [2.45, 2.75) is 11.8 Å². The summed E-state index contributed by atoms with van der Waals surface area (Å²) in [5.74, 6) is 0.0476. The molecule has 0 atom stereocenters. The minimum atomic E-state index is -3.54. The predicted molar refractivity (Wildman–Crippen MR) is 92.4 cm³/mol. The van der Waals surface area contributed by atoms with Crippen LogP contribution in [0.1, 0.15) is 11.1 Å². The van der Waals surface area contributed by atoms with E-state index in [4.69, 9.17) is 11.6 Å². The Balaban J connectivity index is 2.43. The Kier molecular flexibility index (Phi) is 5.09. The number of rotatable bonds is 4. The number of hydrogen-bond acceptors (Lipinski definition) is 4. The monoisotopic (exact) mass is 352 g/mol. The molecule has 0 spiro atoms. The van der Waals surface area contributed by atoms with Gasteiger partial charge in [0.1, 0.15) is 5.75 Å². The van der Waals surface area contributed by atoms with Crippen LogP contribution < -0.4 is 0 Å². The minimum Gasteiger partial charge on any atom is -0.507 e. The number of aliphatic imine (C=N–C) groups is 1. The molecular weight excluding hydrogens is 336 g/mol. The summed E-state index contributed by atoms with van der Waals surface area (Å²) in [6.07, 6.45) is 1.44. The zero-order valence-corrected chi connectivity index (χ0v) is 14.6. The second kappa shape index (κ2) is 6.70. The van der Waals surface area contributed by atoms with E-state index >= 15 is 0 Å². The lowest BCUT2D eigenvalue weighted by Gasteiger charge is -2.13. The molecule has 0 heterocycles. The highest BCUT2D eigenvalue weighted by Crippen LogP contribution is 2.25. The van der Waals surface area contributed by atoms with E-state index in [9.17, 15) is 13.5 Å². The predicted octanol–water partition coefficient (Wildman–Crippen LogP) is 3.35.